The molecule has 1 aliphatic rings. The zero-order chi connectivity index (χ0) is 12.4. The number of aryl methyl sites for hydroxylation is 1. The van der Waals surface area contributed by atoms with E-state index in [9.17, 15) is 0 Å². The van der Waals surface area contributed by atoms with Crippen LogP contribution in [0.2, 0.25) is 0 Å². The summed E-state index contributed by atoms with van der Waals surface area (Å²) >= 11 is 0. The summed E-state index contributed by atoms with van der Waals surface area (Å²) in [7, 11) is 0. The molecule has 94 valence electrons. The standard InChI is InChI=1S/C15H17NO2/c1-2-13-4-5-14(18-13)10-16-12-3-6-15-11(9-12)7-8-17-15/h3-6,9,16H,2,7-8,10H2,1H3. The highest BCUT2D eigenvalue weighted by atomic mass is 16.5. The van der Waals surface area contributed by atoms with E-state index in [2.05, 4.69) is 18.3 Å². The zero-order valence-electron chi connectivity index (χ0n) is 10.5. The number of furan rings is 1. The summed E-state index contributed by atoms with van der Waals surface area (Å²) in [4.78, 5) is 0. The minimum atomic E-state index is 0.722. The van der Waals surface area contributed by atoms with Crippen LogP contribution in [0.3, 0.4) is 0 Å². The van der Waals surface area contributed by atoms with Gasteiger partial charge in [0.25, 0.3) is 0 Å². The Morgan fingerprint density at radius 1 is 1.17 bits per heavy atom. The maximum atomic E-state index is 5.66. The molecule has 1 aromatic heterocycles. The van der Waals surface area contributed by atoms with Crippen molar-refractivity contribution in [1.29, 1.82) is 0 Å². The predicted molar refractivity (Wildman–Crippen MR) is 71.1 cm³/mol. The highest BCUT2D eigenvalue weighted by Crippen LogP contribution is 2.28. The van der Waals surface area contributed by atoms with Crippen molar-refractivity contribution >= 4 is 5.69 Å². The van der Waals surface area contributed by atoms with Crippen LogP contribution in [-0.2, 0) is 19.4 Å². The van der Waals surface area contributed by atoms with Gasteiger partial charge in [0.2, 0.25) is 0 Å². The average molecular weight is 243 g/mol. The second-order valence-electron chi connectivity index (χ2n) is 4.50. The average Bonchev–Trinajstić information content (AvgIpc) is 3.04. The van der Waals surface area contributed by atoms with Crippen LogP contribution in [0.15, 0.2) is 34.7 Å². The molecule has 0 fully saturated rings. The molecule has 3 rings (SSSR count). The molecular formula is C15H17NO2. The Balaban J connectivity index is 1.66. The van der Waals surface area contributed by atoms with E-state index in [-0.39, 0.29) is 0 Å². The number of hydrogen-bond donors (Lipinski definition) is 1. The van der Waals surface area contributed by atoms with E-state index in [0.717, 1.165) is 49.0 Å². The van der Waals surface area contributed by atoms with Crippen LogP contribution < -0.4 is 10.1 Å². The number of ether oxygens (including phenoxy) is 1. The molecular weight excluding hydrogens is 226 g/mol. The summed E-state index contributed by atoms with van der Waals surface area (Å²) in [6, 6.07) is 10.3. The van der Waals surface area contributed by atoms with E-state index in [4.69, 9.17) is 9.15 Å². The largest absolute Gasteiger partial charge is 0.493 e. The smallest absolute Gasteiger partial charge is 0.123 e. The fourth-order valence-electron chi connectivity index (χ4n) is 2.19. The van der Waals surface area contributed by atoms with Crippen molar-refractivity contribution in [2.45, 2.75) is 26.3 Å². The number of nitrogens with one attached hydrogen (secondary N) is 1. The van der Waals surface area contributed by atoms with Crippen LogP contribution in [0.5, 0.6) is 5.75 Å². The lowest BCUT2D eigenvalue weighted by molar-refractivity contribution is 0.357. The van der Waals surface area contributed by atoms with E-state index in [1.54, 1.807) is 0 Å². The topological polar surface area (TPSA) is 34.4 Å². The predicted octanol–water partition coefficient (Wildman–Crippen LogP) is 3.39. The first-order valence-corrected chi connectivity index (χ1v) is 6.42. The second kappa shape index (κ2) is 4.77. The summed E-state index contributed by atoms with van der Waals surface area (Å²) in [5.41, 5.74) is 2.40. The lowest BCUT2D eigenvalue weighted by Crippen LogP contribution is -1.98. The molecule has 1 aliphatic heterocycles. The van der Waals surface area contributed by atoms with Gasteiger partial charge < -0.3 is 14.5 Å². The fourth-order valence-corrected chi connectivity index (χ4v) is 2.19. The fraction of sp³-hybridized carbons (Fsp3) is 0.333. The highest BCUT2D eigenvalue weighted by molar-refractivity contribution is 5.52. The van der Waals surface area contributed by atoms with Crippen LogP contribution in [0, 0.1) is 0 Å². The Morgan fingerprint density at radius 3 is 2.89 bits per heavy atom. The number of fused-ring (bicyclic) bond motifs is 1. The van der Waals surface area contributed by atoms with Crippen LogP contribution >= 0.6 is 0 Å². The van der Waals surface area contributed by atoms with E-state index in [0.29, 0.717) is 0 Å². The first kappa shape index (κ1) is 11.2. The summed E-state index contributed by atoms with van der Waals surface area (Å²) < 4.78 is 11.1. The molecule has 0 amide bonds. The van der Waals surface area contributed by atoms with Gasteiger partial charge in [0, 0.05) is 18.5 Å². The summed E-state index contributed by atoms with van der Waals surface area (Å²) in [6.45, 7) is 3.62. The third-order valence-corrected chi connectivity index (χ3v) is 3.22. The van der Waals surface area contributed by atoms with Crippen molar-refractivity contribution in [3.63, 3.8) is 0 Å². The Morgan fingerprint density at radius 2 is 2.06 bits per heavy atom. The lowest BCUT2D eigenvalue weighted by atomic mass is 10.1. The Kier molecular flexibility index (Phi) is 2.97. The highest BCUT2D eigenvalue weighted by Gasteiger charge is 2.11. The molecule has 0 saturated carbocycles. The van der Waals surface area contributed by atoms with Crippen LogP contribution in [0.25, 0.3) is 0 Å². The number of hydrogen-bond acceptors (Lipinski definition) is 3. The van der Waals surface area contributed by atoms with Gasteiger partial charge in [-0.2, -0.15) is 0 Å². The minimum Gasteiger partial charge on any atom is -0.493 e. The van der Waals surface area contributed by atoms with E-state index < -0.39 is 0 Å². The molecule has 0 spiro atoms. The molecule has 1 N–H and O–H groups in total. The Hall–Kier alpha value is -1.90. The number of anilines is 1. The van der Waals surface area contributed by atoms with Crippen molar-refractivity contribution in [3.05, 3.63) is 47.4 Å². The normalized spacial score (nSPS) is 13.2. The summed E-state index contributed by atoms with van der Waals surface area (Å²) in [6.07, 6.45) is 1.95. The van der Waals surface area contributed by atoms with Crippen molar-refractivity contribution in [2.24, 2.45) is 0 Å². The number of rotatable bonds is 4. The molecule has 18 heavy (non-hydrogen) atoms. The summed E-state index contributed by atoms with van der Waals surface area (Å²) in [5, 5.41) is 3.38. The molecule has 0 atom stereocenters. The van der Waals surface area contributed by atoms with E-state index >= 15 is 0 Å². The molecule has 0 radical (unpaired) electrons. The van der Waals surface area contributed by atoms with Gasteiger partial charge in [0.05, 0.1) is 13.2 Å². The number of benzene rings is 1. The molecule has 1 aromatic carbocycles. The Labute approximate surface area is 107 Å². The summed E-state index contributed by atoms with van der Waals surface area (Å²) in [5.74, 6) is 3.03. The van der Waals surface area contributed by atoms with Gasteiger partial charge in [-0.3, -0.25) is 0 Å². The van der Waals surface area contributed by atoms with Gasteiger partial charge >= 0.3 is 0 Å². The van der Waals surface area contributed by atoms with Crippen molar-refractivity contribution in [1.82, 2.24) is 0 Å². The molecule has 2 aromatic rings. The van der Waals surface area contributed by atoms with Gasteiger partial charge in [0.1, 0.15) is 17.3 Å². The molecule has 2 heterocycles. The SMILES string of the molecule is CCc1ccc(CNc2ccc3c(c2)CCO3)o1. The van der Waals surface area contributed by atoms with Gasteiger partial charge in [-0.05, 0) is 35.9 Å². The lowest BCUT2D eigenvalue weighted by Gasteiger charge is -2.06. The molecule has 3 nitrogen and oxygen atoms in total. The van der Waals surface area contributed by atoms with Crippen LogP contribution in [0.4, 0.5) is 5.69 Å². The first-order valence-electron chi connectivity index (χ1n) is 6.42. The van der Waals surface area contributed by atoms with Crippen molar-refractivity contribution < 1.29 is 9.15 Å². The minimum absolute atomic E-state index is 0.722. The van der Waals surface area contributed by atoms with Crippen LogP contribution in [0.1, 0.15) is 24.0 Å². The quantitative estimate of drug-likeness (QED) is 0.893. The Bertz CT molecular complexity index is 545. The van der Waals surface area contributed by atoms with E-state index in [1.165, 1.54) is 5.56 Å². The zero-order valence-corrected chi connectivity index (χ0v) is 10.5. The van der Waals surface area contributed by atoms with Crippen LogP contribution in [-0.4, -0.2) is 6.61 Å². The molecule has 0 bridgehead atoms. The maximum absolute atomic E-state index is 5.66. The molecule has 0 saturated heterocycles. The van der Waals surface area contributed by atoms with E-state index in [1.807, 2.05) is 24.3 Å². The van der Waals surface area contributed by atoms with Crippen molar-refractivity contribution in [2.75, 3.05) is 11.9 Å². The molecule has 0 unspecified atom stereocenters. The van der Waals surface area contributed by atoms with Gasteiger partial charge in [0.15, 0.2) is 0 Å². The molecule has 3 heteroatoms. The van der Waals surface area contributed by atoms with Gasteiger partial charge in [-0.1, -0.05) is 6.92 Å². The third kappa shape index (κ3) is 2.21. The van der Waals surface area contributed by atoms with Gasteiger partial charge in [-0.15, -0.1) is 0 Å². The monoisotopic (exact) mass is 243 g/mol. The molecule has 0 aliphatic carbocycles. The second-order valence-corrected chi connectivity index (χ2v) is 4.50. The van der Waals surface area contributed by atoms with Crippen molar-refractivity contribution in [3.8, 4) is 5.75 Å². The maximum Gasteiger partial charge on any atom is 0.123 e. The first-order chi connectivity index (χ1) is 8.85. The van der Waals surface area contributed by atoms with Gasteiger partial charge in [-0.25, -0.2) is 0 Å². The third-order valence-electron chi connectivity index (χ3n) is 3.22.